The normalized spacial score (nSPS) is 18.0. The number of H-pyrrole nitrogens is 1. The summed E-state index contributed by atoms with van der Waals surface area (Å²) in [5, 5.41) is 13.2. The molecule has 6 nitrogen and oxygen atoms in total. The number of hydrogen-bond donors (Lipinski definition) is 2. The van der Waals surface area contributed by atoms with Gasteiger partial charge in [-0.05, 0) is 25.8 Å². The Morgan fingerprint density at radius 1 is 1.50 bits per heavy atom. The predicted molar refractivity (Wildman–Crippen MR) is 93.8 cm³/mol. The number of rotatable bonds is 4. The summed E-state index contributed by atoms with van der Waals surface area (Å²) in [5.74, 6) is -0.144. The van der Waals surface area contributed by atoms with Gasteiger partial charge in [0.05, 0.1) is 21.9 Å². The molecule has 1 amide bonds. The quantitative estimate of drug-likeness (QED) is 0.811. The highest BCUT2D eigenvalue weighted by atomic mass is 35.5. The Bertz CT molecular complexity index is 793. The standard InChI is InChI=1S/C16H18ClN5OS/c1-10(14(23)22-16(9-18)5-3-2-4-6-16)24-15-20-12-7-11(17)8-19-13(12)21-15/h7-8,10H,2-6H2,1H3,(H,22,23)(H,19,20,21)/t10-/m0/s1. The average Bonchev–Trinajstić information content (AvgIpc) is 2.96. The van der Waals surface area contributed by atoms with Gasteiger partial charge in [-0.25, -0.2) is 9.97 Å². The topological polar surface area (TPSA) is 94.5 Å². The molecule has 1 saturated carbocycles. The van der Waals surface area contributed by atoms with Gasteiger partial charge >= 0.3 is 0 Å². The van der Waals surface area contributed by atoms with Crippen LogP contribution < -0.4 is 5.32 Å². The highest BCUT2D eigenvalue weighted by molar-refractivity contribution is 8.00. The summed E-state index contributed by atoms with van der Waals surface area (Å²) in [6.45, 7) is 1.81. The number of nitrogens with one attached hydrogen (secondary N) is 2. The molecule has 126 valence electrons. The molecule has 2 aromatic rings. The Morgan fingerprint density at radius 2 is 2.25 bits per heavy atom. The number of pyridine rings is 1. The van der Waals surface area contributed by atoms with Crippen LogP contribution in [0.4, 0.5) is 0 Å². The summed E-state index contributed by atoms with van der Waals surface area (Å²) in [5.41, 5.74) is 0.585. The van der Waals surface area contributed by atoms with Gasteiger partial charge in [0.2, 0.25) is 5.91 Å². The molecule has 0 aromatic carbocycles. The van der Waals surface area contributed by atoms with Gasteiger partial charge in [-0.3, -0.25) is 4.79 Å². The van der Waals surface area contributed by atoms with Crippen molar-refractivity contribution in [3.63, 3.8) is 0 Å². The van der Waals surface area contributed by atoms with Crippen LogP contribution in [0.25, 0.3) is 11.2 Å². The average molecular weight is 364 g/mol. The minimum absolute atomic E-state index is 0.144. The Kier molecular flexibility index (Phi) is 4.97. The van der Waals surface area contributed by atoms with Crippen LogP contribution in [0.2, 0.25) is 5.02 Å². The maximum atomic E-state index is 12.5. The van der Waals surface area contributed by atoms with Gasteiger partial charge in [-0.1, -0.05) is 42.6 Å². The molecule has 0 bridgehead atoms. The number of aromatic amines is 1. The number of nitriles is 1. The monoisotopic (exact) mass is 363 g/mol. The number of hydrogen-bond acceptors (Lipinski definition) is 5. The molecule has 3 rings (SSSR count). The maximum absolute atomic E-state index is 12.5. The van der Waals surface area contributed by atoms with Gasteiger partial charge in [-0.2, -0.15) is 5.26 Å². The Morgan fingerprint density at radius 3 is 2.96 bits per heavy atom. The molecule has 1 atom stereocenters. The number of amides is 1. The van der Waals surface area contributed by atoms with Crippen molar-refractivity contribution in [3.8, 4) is 6.07 Å². The molecule has 2 aromatic heterocycles. The van der Waals surface area contributed by atoms with Crippen molar-refractivity contribution in [1.82, 2.24) is 20.3 Å². The number of carbonyl (C=O) groups is 1. The molecule has 0 radical (unpaired) electrons. The molecule has 0 saturated heterocycles. The number of aromatic nitrogens is 3. The summed E-state index contributed by atoms with van der Waals surface area (Å²) in [7, 11) is 0. The highest BCUT2D eigenvalue weighted by Gasteiger charge is 2.35. The van der Waals surface area contributed by atoms with Gasteiger partial charge in [0.25, 0.3) is 0 Å². The summed E-state index contributed by atoms with van der Waals surface area (Å²) < 4.78 is 0. The predicted octanol–water partition coefficient (Wildman–Crippen LogP) is 3.43. The van der Waals surface area contributed by atoms with Gasteiger partial charge < -0.3 is 10.3 Å². The van der Waals surface area contributed by atoms with Crippen LogP contribution in [0.3, 0.4) is 0 Å². The number of nitrogens with zero attached hydrogens (tertiary/aromatic N) is 3. The summed E-state index contributed by atoms with van der Waals surface area (Å²) in [6, 6.07) is 4.05. The van der Waals surface area contributed by atoms with E-state index < -0.39 is 5.54 Å². The van der Waals surface area contributed by atoms with Gasteiger partial charge in [-0.15, -0.1) is 0 Å². The fourth-order valence-corrected chi connectivity index (χ4v) is 3.85. The fourth-order valence-electron chi connectivity index (χ4n) is 2.89. The fraction of sp³-hybridized carbons (Fsp3) is 0.500. The van der Waals surface area contributed by atoms with Crippen LogP contribution in [0.5, 0.6) is 0 Å². The van der Waals surface area contributed by atoms with Crippen molar-refractivity contribution < 1.29 is 4.79 Å². The van der Waals surface area contributed by atoms with E-state index in [-0.39, 0.29) is 11.2 Å². The second kappa shape index (κ2) is 6.99. The van der Waals surface area contributed by atoms with E-state index in [1.807, 2.05) is 6.92 Å². The summed E-state index contributed by atoms with van der Waals surface area (Å²) in [4.78, 5) is 24.1. The first kappa shape index (κ1) is 17.1. The van der Waals surface area contributed by atoms with Crippen LogP contribution in [0, 0.1) is 11.3 Å². The van der Waals surface area contributed by atoms with Crippen LogP contribution in [0.15, 0.2) is 17.4 Å². The Hall–Kier alpha value is -1.78. The zero-order chi connectivity index (χ0) is 17.2. The number of imidazole rings is 1. The van der Waals surface area contributed by atoms with Crippen molar-refractivity contribution in [3.05, 3.63) is 17.3 Å². The van der Waals surface area contributed by atoms with E-state index in [9.17, 15) is 10.1 Å². The van der Waals surface area contributed by atoms with Crippen molar-refractivity contribution in [1.29, 1.82) is 5.26 Å². The molecule has 1 aliphatic carbocycles. The number of halogens is 1. The van der Waals surface area contributed by atoms with E-state index in [4.69, 9.17) is 11.6 Å². The molecule has 24 heavy (non-hydrogen) atoms. The second-order valence-electron chi connectivity index (χ2n) is 6.07. The molecule has 0 spiro atoms. The van der Waals surface area contributed by atoms with Crippen molar-refractivity contribution in [2.45, 2.75) is 55.0 Å². The lowest BCUT2D eigenvalue weighted by Crippen LogP contribution is -2.50. The van der Waals surface area contributed by atoms with Gasteiger partial charge in [0, 0.05) is 6.20 Å². The molecule has 8 heteroatoms. The van der Waals surface area contributed by atoms with Gasteiger partial charge in [0.15, 0.2) is 10.8 Å². The third-order valence-electron chi connectivity index (χ3n) is 4.22. The van der Waals surface area contributed by atoms with Crippen molar-refractivity contribution in [2.24, 2.45) is 0 Å². The molecule has 1 aliphatic rings. The van der Waals surface area contributed by atoms with E-state index in [2.05, 4.69) is 26.3 Å². The number of fused-ring (bicyclic) bond motifs is 1. The van der Waals surface area contributed by atoms with E-state index >= 15 is 0 Å². The minimum Gasteiger partial charge on any atom is -0.337 e. The smallest absolute Gasteiger partial charge is 0.234 e. The van der Waals surface area contributed by atoms with E-state index in [1.54, 1.807) is 6.07 Å². The minimum atomic E-state index is -0.715. The van der Waals surface area contributed by atoms with E-state index in [0.717, 1.165) is 37.6 Å². The molecule has 2 heterocycles. The maximum Gasteiger partial charge on any atom is 0.234 e. The number of carbonyl (C=O) groups excluding carboxylic acids is 1. The SMILES string of the molecule is C[C@H](Sc1nc2ncc(Cl)cc2[nH]1)C(=O)NC1(C#N)CCCCC1. The molecule has 2 N–H and O–H groups in total. The van der Waals surface area contributed by atoms with Crippen molar-refractivity contribution >= 4 is 40.4 Å². The zero-order valence-corrected chi connectivity index (χ0v) is 14.9. The molecular formula is C16H18ClN5OS. The van der Waals surface area contributed by atoms with Crippen LogP contribution >= 0.6 is 23.4 Å². The highest BCUT2D eigenvalue weighted by Crippen LogP contribution is 2.29. The molecule has 0 unspecified atom stereocenters. The van der Waals surface area contributed by atoms with Crippen molar-refractivity contribution in [2.75, 3.05) is 0 Å². The first-order valence-electron chi connectivity index (χ1n) is 7.92. The van der Waals surface area contributed by atoms with Crippen LogP contribution in [-0.2, 0) is 4.79 Å². The number of thioether (sulfide) groups is 1. The molecular weight excluding hydrogens is 346 g/mol. The van der Waals surface area contributed by atoms with Crippen LogP contribution in [-0.4, -0.2) is 31.6 Å². The second-order valence-corrected chi connectivity index (χ2v) is 7.84. The Balaban J connectivity index is 1.67. The largest absolute Gasteiger partial charge is 0.337 e. The van der Waals surface area contributed by atoms with E-state index in [0.29, 0.717) is 15.8 Å². The van der Waals surface area contributed by atoms with E-state index in [1.165, 1.54) is 18.0 Å². The Labute approximate surface area is 149 Å². The zero-order valence-electron chi connectivity index (χ0n) is 13.3. The van der Waals surface area contributed by atoms with Crippen LogP contribution in [0.1, 0.15) is 39.0 Å². The first-order valence-corrected chi connectivity index (χ1v) is 9.18. The van der Waals surface area contributed by atoms with Gasteiger partial charge in [0.1, 0.15) is 5.54 Å². The summed E-state index contributed by atoms with van der Waals surface area (Å²) >= 11 is 7.22. The third kappa shape index (κ3) is 3.65. The first-order chi connectivity index (χ1) is 11.5. The summed E-state index contributed by atoms with van der Waals surface area (Å²) in [6.07, 6.45) is 6.06. The molecule has 1 fully saturated rings. The lowest BCUT2D eigenvalue weighted by molar-refractivity contribution is -0.121. The lowest BCUT2D eigenvalue weighted by atomic mass is 9.83. The molecule has 0 aliphatic heterocycles. The lowest BCUT2D eigenvalue weighted by Gasteiger charge is -2.32. The third-order valence-corrected chi connectivity index (χ3v) is 5.41.